The highest BCUT2D eigenvalue weighted by molar-refractivity contribution is 8.93. The number of imidazole rings is 1. The summed E-state index contributed by atoms with van der Waals surface area (Å²) in [6.07, 6.45) is 5.96. The van der Waals surface area contributed by atoms with Crippen LogP contribution in [0.1, 0.15) is 29.0 Å². The molecular formula is C11H12BrN3O2. The third kappa shape index (κ3) is 1.59. The summed E-state index contributed by atoms with van der Waals surface area (Å²) in [7, 11) is 0. The van der Waals surface area contributed by atoms with Gasteiger partial charge < -0.3 is 14.7 Å². The Bertz CT molecular complexity index is 573. The molecule has 0 bridgehead atoms. The van der Waals surface area contributed by atoms with Crippen LogP contribution in [0.15, 0.2) is 18.6 Å². The summed E-state index contributed by atoms with van der Waals surface area (Å²) in [5.41, 5.74) is 1.99. The summed E-state index contributed by atoms with van der Waals surface area (Å²) in [5.74, 6) is -0.172. The molecule has 3 heterocycles. The number of H-pyrrole nitrogens is 1. The highest BCUT2D eigenvalue weighted by Crippen LogP contribution is 2.35. The van der Waals surface area contributed by atoms with Crippen molar-refractivity contribution in [1.29, 1.82) is 0 Å². The first-order valence-corrected chi connectivity index (χ1v) is 5.15. The first-order chi connectivity index (χ1) is 7.68. The standard InChI is InChI=1S/C11H11N3O2.BrH/c1-6-4-8-9(7(5-13-8)11(15)16)10-12-2-3-14(6)10;/h2-3,5-6,13H,4H2,1H3,(H,15,16);1H. The Morgan fingerprint density at radius 2 is 2.41 bits per heavy atom. The van der Waals surface area contributed by atoms with Gasteiger partial charge in [-0.2, -0.15) is 0 Å². The van der Waals surface area contributed by atoms with Gasteiger partial charge in [-0.15, -0.1) is 17.0 Å². The molecule has 2 aromatic heterocycles. The molecule has 2 aromatic rings. The number of carbonyl (C=O) groups is 1. The maximum absolute atomic E-state index is 11.1. The van der Waals surface area contributed by atoms with E-state index in [1.807, 2.05) is 10.8 Å². The van der Waals surface area contributed by atoms with Crippen molar-refractivity contribution >= 4 is 23.0 Å². The number of nitrogens with one attached hydrogen (secondary N) is 1. The van der Waals surface area contributed by atoms with Crippen LogP contribution in [0.5, 0.6) is 0 Å². The lowest BCUT2D eigenvalue weighted by atomic mass is 10.0. The highest BCUT2D eigenvalue weighted by Gasteiger charge is 2.28. The van der Waals surface area contributed by atoms with E-state index in [1.54, 1.807) is 12.4 Å². The Kier molecular flexibility index (Phi) is 2.82. The number of nitrogens with zero attached hydrogens (tertiary/aromatic N) is 2. The number of carboxylic acid groups (broad SMARTS) is 1. The van der Waals surface area contributed by atoms with Crippen LogP contribution in [-0.4, -0.2) is 25.6 Å². The van der Waals surface area contributed by atoms with Crippen molar-refractivity contribution in [3.8, 4) is 11.4 Å². The minimum Gasteiger partial charge on any atom is -0.478 e. The Morgan fingerprint density at radius 3 is 3.12 bits per heavy atom. The Morgan fingerprint density at radius 1 is 1.65 bits per heavy atom. The number of carboxylic acids is 1. The van der Waals surface area contributed by atoms with E-state index in [9.17, 15) is 4.79 Å². The van der Waals surface area contributed by atoms with Gasteiger partial charge in [-0.1, -0.05) is 0 Å². The van der Waals surface area contributed by atoms with E-state index in [4.69, 9.17) is 5.11 Å². The fourth-order valence-electron chi connectivity index (χ4n) is 2.31. The van der Waals surface area contributed by atoms with Gasteiger partial charge in [0.05, 0.1) is 11.1 Å². The molecule has 5 nitrogen and oxygen atoms in total. The van der Waals surface area contributed by atoms with E-state index in [0.29, 0.717) is 11.6 Å². The van der Waals surface area contributed by atoms with Crippen LogP contribution >= 0.6 is 17.0 Å². The molecule has 1 unspecified atom stereocenters. The minimum absolute atomic E-state index is 0. The first kappa shape index (κ1) is 11.9. The molecule has 1 atom stereocenters. The van der Waals surface area contributed by atoms with Crippen LogP contribution in [0.2, 0.25) is 0 Å². The highest BCUT2D eigenvalue weighted by atomic mass is 79.9. The second-order valence-electron chi connectivity index (χ2n) is 4.07. The number of aromatic carboxylic acids is 1. The molecule has 0 saturated carbocycles. The molecule has 1 aliphatic heterocycles. The van der Waals surface area contributed by atoms with Gasteiger partial charge in [0.15, 0.2) is 0 Å². The predicted molar refractivity (Wildman–Crippen MR) is 67.7 cm³/mol. The second kappa shape index (κ2) is 4.03. The number of hydrogen-bond acceptors (Lipinski definition) is 2. The molecule has 0 amide bonds. The van der Waals surface area contributed by atoms with Crippen LogP contribution < -0.4 is 0 Å². The molecule has 0 radical (unpaired) electrons. The number of halogens is 1. The maximum atomic E-state index is 11.1. The van der Waals surface area contributed by atoms with Crippen LogP contribution in [0.25, 0.3) is 11.4 Å². The molecule has 0 aliphatic carbocycles. The van der Waals surface area contributed by atoms with Crippen molar-refractivity contribution in [2.24, 2.45) is 0 Å². The van der Waals surface area contributed by atoms with E-state index in [2.05, 4.69) is 16.9 Å². The van der Waals surface area contributed by atoms with Gasteiger partial charge >= 0.3 is 5.97 Å². The minimum atomic E-state index is -0.915. The summed E-state index contributed by atoms with van der Waals surface area (Å²) in [6, 6.07) is 0.310. The lowest BCUT2D eigenvalue weighted by molar-refractivity contribution is 0.0697. The monoisotopic (exact) mass is 297 g/mol. The molecule has 0 spiro atoms. The zero-order valence-electron chi connectivity index (χ0n) is 9.17. The third-order valence-corrected chi connectivity index (χ3v) is 3.06. The van der Waals surface area contributed by atoms with Gasteiger partial charge in [-0.25, -0.2) is 9.78 Å². The normalized spacial score (nSPS) is 16.9. The molecule has 3 rings (SSSR count). The van der Waals surface area contributed by atoms with Gasteiger partial charge in [0, 0.05) is 36.7 Å². The summed E-state index contributed by atoms with van der Waals surface area (Å²) < 4.78 is 2.02. The van der Waals surface area contributed by atoms with Crippen LogP contribution in [0, 0.1) is 0 Å². The average Bonchev–Trinajstić information content (AvgIpc) is 2.80. The van der Waals surface area contributed by atoms with Crippen LogP contribution in [0.4, 0.5) is 0 Å². The van der Waals surface area contributed by atoms with Gasteiger partial charge in [-0.3, -0.25) is 0 Å². The van der Waals surface area contributed by atoms with Crippen molar-refractivity contribution < 1.29 is 9.90 Å². The molecule has 1 aliphatic rings. The van der Waals surface area contributed by atoms with Gasteiger partial charge in [0.1, 0.15) is 5.82 Å². The molecule has 17 heavy (non-hydrogen) atoms. The molecule has 90 valence electrons. The fraction of sp³-hybridized carbons (Fsp3) is 0.273. The molecule has 2 N–H and O–H groups in total. The smallest absolute Gasteiger partial charge is 0.337 e. The number of aromatic nitrogens is 3. The van der Waals surface area contributed by atoms with Gasteiger partial charge in [0.2, 0.25) is 0 Å². The van der Waals surface area contributed by atoms with Crippen molar-refractivity contribution in [2.45, 2.75) is 19.4 Å². The fourth-order valence-corrected chi connectivity index (χ4v) is 2.31. The van der Waals surface area contributed by atoms with Crippen LogP contribution in [-0.2, 0) is 6.42 Å². The molecule has 6 heteroatoms. The van der Waals surface area contributed by atoms with E-state index in [1.165, 1.54) is 0 Å². The van der Waals surface area contributed by atoms with Crippen molar-refractivity contribution in [3.05, 3.63) is 29.8 Å². The number of aromatic amines is 1. The van der Waals surface area contributed by atoms with Crippen molar-refractivity contribution in [2.75, 3.05) is 0 Å². The summed E-state index contributed by atoms with van der Waals surface area (Å²) in [5, 5.41) is 9.10. The number of hydrogen-bond donors (Lipinski definition) is 2. The third-order valence-electron chi connectivity index (χ3n) is 3.06. The predicted octanol–water partition coefficient (Wildman–Crippen LogP) is 2.27. The molecule has 0 fully saturated rings. The molecular weight excluding hydrogens is 286 g/mol. The Hall–Kier alpha value is -1.56. The molecule has 0 saturated heterocycles. The maximum Gasteiger partial charge on any atom is 0.337 e. The zero-order chi connectivity index (χ0) is 11.3. The van der Waals surface area contributed by atoms with Crippen molar-refractivity contribution in [1.82, 2.24) is 14.5 Å². The molecule has 0 aromatic carbocycles. The van der Waals surface area contributed by atoms with E-state index < -0.39 is 5.97 Å². The number of fused-ring (bicyclic) bond motifs is 3. The lowest BCUT2D eigenvalue weighted by Gasteiger charge is -2.22. The zero-order valence-corrected chi connectivity index (χ0v) is 10.9. The number of rotatable bonds is 1. The van der Waals surface area contributed by atoms with Crippen LogP contribution in [0.3, 0.4) is 0 Å². The Labute approximate surface area is 108 Å². The first-order valence-electron chi connectivity index (χ1n) is 5.15. The quantitative estimate of drug-likeness (QED) is 0.848. The largest absolute Gasteiger partial charge is 0.478 e. The van der Waals surface area contributed by atoms with E-state index >= 15 is 0 Å². The second-order valence-corrected chi connectivity index (χ2v) is 4.07. The Balaban J connectivity index is 0.00000108. The summed E-state index contributed by atoms with van der Waals surface area (Å²) >= 11 is 0. The SMILES string of the molecule is Br.CC1Cc2[nH]cc(C(=O)O)c2-c2nccn21. The van der Waals surface area contributed by atoms with Gasteiger partial charge in [0.25, 0.3) is 0 Å². The topological polar surface area (TPSA) is 70.9 Å². The average molecular weight is 298 g/mol. The van der Waals surface area contributed by atoms with E-state index in [0.717, 1.165) is 23.5 Å². The summed E-state index contributed by atoms with van der Waals surface area (Å²) in [4.78, 5) is 18.4. The van der Waals surface area contributed by atoms with Crippen molar-refractivity contribution in [3.63, 3.8) is 0 Å². The van der Waals surface area contributed by atoms with Gasteiger partial charge in [-0.05, 0) is 6.92 Å². The van der Waals surface area contributed by atoms with E-state index in [-0.39, 0.29) is 17.0 Å². The summed E-state index contributed by atoms with van der Waals surface area (Å²) in [6.45, 7) is 2.09. The lowest BCUT2D eigenvalue weighted by Crippen LogP contribution is -2.16.